The number of methoxy groups -OCH3 is 1. The number of rotatable bonds is 7. The Hall–Kier alpha value is -2.78. The van der Waals surface area contributed by atoms with Crippen LogP contribution in [-0.4, -0.2) is 47.3 Å². The molecule has 1 amide bonds. The van der Waals surface area contributed by atoms with Crippen LogP contribution < -0.4 is 9.47 Å². The quantitative estimate of drug-likeness (QED) is 0.522. The minimum Gasteiger partial charge on any atom is -0.493 e. The first-order valence-electron chi connectivity index (χ1n) is 9.51. The molecule has 7 nitrogen and oxygen atoms in total. The van der Waals surface area contributed by atoms with Gasteiger partial charge in [-0.05, 0) is 89.6 Å². The molecule has 1 saturated heterocycles. The van der Waals surface area contributed by atoms with Crippen LogP contribution in [0.3, 0.4) is 0 Å². The molecule has 1 aliphatic rings. The summed E-state index contributed by atoms with van der Waals surface area (Å²) >= 11 is 4.77. The zero-order chi connectivity index (χ0) is 22.5. The summed E-state index contributed by atoms with van der Waals surface area (Å²) in [7, 11) is 1.57. The molecule has 0 atom stereocenters. The molecule has 31 heavy (non-hydrogen) atoms. The number of halogens is 1. The third-order valence-electron chi connectivity index (χ3n) is 4.38. The highest BCUT2D eigenvalue weighted by Gasteiger charge is 2.32. The van der Waals surface area contributed by atoms with Gasteiger partial charge in [0.25, 0.3) is 5.91 Å². The van der Waals surface area contributed by atoms with Gasteiger partial charge in [-0.2, -0.15) is 0 Å². The number of aliphatic imine (C=N–C) groups is 1. The number of carboxylic acid groups (broad SMARTS) is 1. The fourth-order valence-electron chi connectivity index (χ4n) is 2.92. The summed E-state index contributed by atoms with van der Waals surface area (Å²) < 4.78 is 11.8. The maximum atomic E-state index is 12.9. The van der Waals surface area contributed by atoms with E-state index in [1.807, 2.05) is 26.0 Å². The lowest BCUT2D eigenvalue weighted by Crippen LogP contribution is -2.28. The van der Waals surface area contributed by atoms with Gasteiger partial charge >= 0.3 is 5.97 Å². The lowest BCUT2D eigenvalue weighted by atomic mass is 10.2. The Morgan fingerprint density at radius 3 is 2.55 bits per heavy atom. The first-order chi connectivity index (χ1) is 14.9. The number of carbonyl (C=O) groups excluding carboxylic acids is 1. The topological polar surface area (TPSA) is 88.4 Å². The maximum absolute atomic E-state index is 12.9. The van der Waals surface area contributed by atoms with Crippen molar-refractivity contribution in [3.8, 4) is 11.5 Å². The third kappa shape index (κ3) is 5.11. The van der Waals surface area contributed by atoms with Crippen molar-refractivity contribution in [3.63, 3.8) is 0 Å². The van der Waals surface area contributed by atoms with Gasteiger partial charge in [-0.25, -0.2) is 9.79 Å². The number of carboxylic acids is 1. The Kier molecular flexibility index (Phi) is 7.40. The molecule has 2 aromatic rings. The van der Waals surface area contributed by atoms with E-state index >= 15 is 0 Å². The summed E-state index contributed by atoms with van der Waals surface area (Å²) in [4.78, 5) is 30.6. The average Bonchev–Trinajstić information content (AvgIpc) is 3.04. The predicted octanol–water partition coefficient (Wildman–Crippen LogP) is 5.18. The van der Waals surface area contributed by atoms with Crippen molar-refractivity contribution < 1.29 is 24.2 Å². The van der Waals surface area contributed by atoms with Crippen molar-refractivity contribution in [2.24, 2.45) is 4.99 Å². The van der Waals surface area contributed by atoms with Crippen LogP contribution in [0.5, 0.6) is 11.5 Å². The first-order valence-corrected chi connectivity index (χ1v) is 11.1. The number of hydrogen-bond acceptors (Lipinski definition) is 6. The normalized spacial score (nSPS) is 16.3. The highest BCUT2D eigenvalue weighted by atomic mass is 79.9. The van der Waals surface area contributed by atoms with Gasteiger partial charge in [-0.3, -0.25) is 9.69 Å². The number of benzene rings is 2. The van der Waals surface area contributed by atoms with Crippen LogP contribution in [-0.2, 0) is 4.79 Å². The second kappa shape index (κ2) is 10.0. The third-order valence-corrected chi connectivity index (χ3v) is 5.98. The maximum Gasteiger partial charge on any atom is 0.335 e. The van der Waals surface area contributed by atoms with Crippen LogP contribution in [0.4, 0.5) is 5.69 Å². The Bertz CT molecular complexity index is 1070. The molecule has 0 saturated carbocycles. The number of hydrogen-bond donors (Lipinski definition) is 1. The predicted molar refractivity (Wildman–Crippen MR) is 125 cm³/mol. The number of ether oxygens (including phenoxy) is 2. The van der Waals surface area contributed by atoms with Gasteiger partial charge in [0.15, 0.2) is 16.7 Å². The van der Waals surface area contributed by atoms with Crippen LogP contribution in [0.15, 0.2) is 50.8 Å². The SMILES string of the molecule is CCOc1c(Br)cc(C=C2SC(=Nc3ccc(C(=O)O)cc3)N(CC)C2=O)cc1OC. The number of aromatic carboxylic acids is 1. The van der Waals surface area contributed by atoms with E-state index < -0.39 is 5.97 Å². The monoisotopic (exact) mass is 504 g/mol. The summed E-state index contributed by atoms with van der Waals surface area (Å²) in [6.45, 7) is 4.74. The van der Waals surface area contributed by atoms with E-state index in [4.69, 9.17) is 14.6 Å². The Labute approximate surface area is 192 Å². The Morgan fingerprint density at radius 2 is 1.97 bits per heavy atom. The largest absolute Gasteiger partial charge is 0.493 e. The molecule has 0 aromatic heterocycles. The molecule has 0 aliphatic carbocycles. The zero-order valence-corrected chi connectivity index (χ0v) is 19.6. The van der Waals surface area contributed by atoms with E-state index in [1.165, 1.54) is 23.9 Å². The summed E-state index contributed by atoms with van der Waals surface area (Å²) in [5, 5.41) is 9.57. The summed E-state index contributed by atoms with van der Waals surface area (Å²) in [5.41, 5.74) is 1.54. The van der Waals surface area contributed by atoms with Crippen LogP contribution in [0.1, 0.15) is 29.8 Å². The highest BCUT2D eigenvalue weighted by molar-refractivity contribution is 9.10. The van der Waals surface area contributed by atoms with Gasteiger partial charge in [0.2, 0.25) is 0 Å². The molecule has 9 heteroatoms. The second-order valence-corrected chi connectivity index (χ2v) is 8.24. The lowest BCUT2D eigenvalue weighted by Gasteiger charge is -2.12. The van der Waals surface area contributed by atoms with E-state index in [9.17, 15) is 9.59 Å². The van der Waals surface area contributed by atoms with Crippen molar-refractivity contribution in [2.45, 2.75) is 13.8 Å². The van der Waals surface area contributed by atoms with Gasteiger partial charge in [-0.1, -0.05) is 0 Å². The van der Waals surface area contributed by atoms with Crippen LogP contribution >= 0.6 is 27.7 Å². The number of likely N-dealkylation sites (N-methyl/N-ethyl adjacent to an activating group) is 1. The van der Waals surface area contributed by atoms with E-state index in [0.29, 0.717) is 40.4 Å². The number of carbonyl (C=O) groups is 2. The lowest BCUT2D eigenvalue weighted by molar-refractivity contribution is -0.122. The molecule has 1 heterocycles. The Morgan fingerprint density at radius 1 is 1.26 bits per heavy atom. The van der Waals surface area contributed by atoms with Gasteiger partial charge < -0.3 is 14.6 Å². The molecular weight excluding hydrogens is 484 g/mol. The molecule has 0 radical (unpaired) electrons. The molecule has 3 rings (SSSR count). The van der Waals surface area contributed by atoms with E-state index in [-0.39, 0.29) is 11.5 Å². The van der Waals surface area contributed by atoms with Crippen LogP contribution in [0.2, 0.25) is 0 Å². The van der Waals surface area contributed by atoms with E-state index in [2.05, 4.69) is 20.9 Å². The highest BCUT2D eigenvalue weighted by Crippen LogP contribution is 2.39. The fraction of sp³-hybridized carbons (Fsp3) is 0.227. The van der Waals surface area contributed by atoms with Crippen LogP contribution in [0.25, 0.3) is 6.08 Å². The number of amides is 1. The summed E-state index contributed by atoms with van der Waals surface area (Å²) in [5.74, 6) is 0.0393. The van der Waals surface area contributed by atoms with Crippen molar-refractivity contribution in [1.82, 2.24) is 4.90 Å². The molecule has 2 aromatic carbocycles. The van der Waals surface area contributed by atoms with Gasteiger partial charge in [-0.15, -0.1) is 0 Å². The zero-order valence-electron chi connectivity index (χ0n) is 17.2. The van der Waals surface area contributed by atoms with E-state index in [0.717, 1.165) is 10.0 Å². The van der Waals surface area contributed by atoms with Crippen molar-refractivity contribution in [2.75, 3.05) is 20.3 Å². The minimum atomic E-state index is -0.998. The Balaban J connectivity index is 1.93. The summed E-state index contributed by atoms with van der Waals surface area (Å²) in [6.07, 6.45) is 1.79. The standard InChI is InChI=1S/C22H21BrN2O5S/c1-4-25-20(26)18(12-13-10-16(23)19(30-5-2)17(11-13)29-3)31-22(25)24-15-8-6-14(7-9-15)21(27)28/h6-12H,4-5H2,1-3H3,(H,27,28). The van der Waals surface area contributed by atoms with Crippen molar-refractivity contribution in [1.29, 1.82) is 0 Å². The summed E-state index contributed by atoms with van der Waals surface area (Å²) in [6, 6.07) is 9.88. The fourth-order valence-corrected chi connectivity index (χ4v) is 4.55. The molecule has 0 bridgehead atoms. The number of nitrogens with zero attached hydrogens (tertiary/aromatic N) is 2. The number of thioether (sulfide) groups is 1. The molecule has 1 fully saturated rings. The number of amidine groups is 1. The van der Waals surface area contributed by atoms with Gasteiger partial charge in [0.05, 0.1) is 34.3 Å². The van der Waals surface area contributed by atoms with Gasteiger partial charge in [0.1, 0.15) is 0 Å². The van der Waals surface area contributed by atoms with Crippen molar-refractivity contribution in [3.05, 3.63) is 56.9 Å². The van der Waals surface area contributed by atoms with Gasteiger partial charge in [0, 0.05) is 6.54 Å². The molecular formula is C22H21BrN2O5S. The molecule has 0 spiro atoms. The average molecular weight is 505 g/mol. The first kappa shape index (κ1) is 22.9. The van der Waals surface area contributed by atoms with E-state index in [1.54, 1.807) is 30.2 Å². The smallest absolute Gasteiger partial charge is 0.335 e. The minimum absolute atomic E-state index is 0.141. The van der Waals surface area contributed by atoms with Crippen LogP contribution in [0, 0.1) is 0 Å². The molecule has 0 unspecified atom stereocenters. The molecule has 1 aliphatic heterocycles. The molecule has 1 N–H and O–H groups in total. The van der Waals surface area contributed by atoms with Crippen molar-refractivity contribution >= 4 is 56.5 Å². The second-order valence-electron chi connectivity index (χ2n) is 6.37. The molecule has 162 valence electrons.